The molecule has 0 aliphatic carbocycles. The summed E-state index contributed by atoms with van der Waals surface area (Å²) in [6.45, 7) is 6.80. The van der Waals surface area contributed by atoms with E-state index in [-0.39, 0.29) is 6.23 Å². The van der Waals surface area contributed by atoms with Crippen LogP contribution < -0.4 is 4.74 Å². The number of hydrogen-bond acceptors (Lipinski definition) is 7. The Labute approximate surface area is 226 Å². The summed E-state index contributed by atoms with van der Waals surface area (Å²) in [5, 5.41) is 15.5. The number of hydrogen-bond donors (Lipinski definition) is 0. The Kier molecular flexibility index (Phi) is 6.34. The Morgan fingerprint density at radius 1 is 1.13 bits per heavy atom. The first kappa shape index (κ1) is 25.1. The number of carbonyl (C=O) groups excluding carboxylic acids is 1. The lowest BCUT2D eigenvalue weighted by molar-refractivity contribution is -0.0366. The van der Waals surface area contributed by atoms with E-state index in [0.29, 0.717) is 6.54 Å². The topological polar surface area (TPSA) is 98.2 Å². The van der Waals surface area contributed by atoms with Crippen LogP contribution in [0.25, 0.3) is 33.1 Å². The van der Waals surface area contributed by atoms with Crippen LogP contribution in [-0.4, -0.2) is 54.8 Å². The van der Waals surface area contributed by atoms with Crippen LogP contribution in [0.2, 0.25) is 0 Å². The summed E-state index contributed by atoms with van der Waals surface area (Å²) in [7, 11) is 1.66. The Morgan fingerprint density at radius 3 is 2.77 bits per heavy atom. The van der Waals surface area contributed by atoms with Gasteiger partial charge < -0.3 is 14.2 Å². The molecule has 0 amide bonds. The second kappa shape index (κ2) is 9.85. The number of nitrogens with zero attached hydrogens (tertiary/aromatic N) is 6. The van der Waals surface area contributed by atoms with E-state index in [1.807, 2.05) is 74.2 Å². The molecule has 2 aromatic carbocycles. The summed E-state index contributed by atoms with van der Waals surface area (Å²) in [4.78, 5) is 12.7. The number of aromatic nitrogens is 6. The fourth-order valence-electron chi connectivity index (χ4n) is 5.02. The predicted octanol–water partition coefficient (Wildman–Crippen LogP) is 5.79. The molecule has 1 saturated heterocycles. The van der Waals surface area contributed by atoms with Gasteiger partial charge in [-0.3, -0.25) is 4.57 Å². The van der Waals surface area contributed by atoms with Crippen molar-refractivity contribution in [1.82, 2.24) is 29.3 Å². The summed E-state index contributed by atoms with van der Waals surface area (Å²) in [5.41, 5.74) is 3.76. The zero-order valence-electron chi connectivity index (χ0n) is 22.6. The van der Waals surface area contributed by atoms with Gasteiger partial charge >= 0.3 is 6.09 Å². The van der Waals surface area contributed by atoms with Crippen LogP contribution in [0.15, 0.2) is 55.0 Å². The minimum absolute atomic E-state index is 0.0820. The third-order valence-corrected chi connectivity index (χ3v) is 6.86. The minimum atomic E-state index is -0.576. The molecule has 1 aliphatic rings. The molecule has 3 aromatic heterocycles. The smallest absolute Gasteiger partial charge is 0.418 e. The van der Waals surface area contributed by atoms with Crippen molar-refractivity contribution in [1.29, 1.82) is 0 Å². The molecule has 0 bridgehead atoms. The SMILES string of the molecule is COc1cc(-c2cn(Cc3ccc4ccn(C(=O)OC(C)(C)C)c4c3)nn2)c2cnn(C3CCCCO3)c2c1. The highest BCUT2D eigenvalue weighted by atomic mass is 16.6. The van der Waals surface area contributed by atoms with Crippen molar-refractivity contribution in [3.05, 3.63) is 60.6 Å². The van der Waals surface area contributed by atoms with Crippen molar-refractivity contribution in [3.63, 3.8) is 0 Å². The van der Waals surface area contributed by atoms with E-state index in [0.717, 1.165) is 70.2 Å². The van der Waals surface area contributed by atoms with Gasteiger partial charge in [-0.15, -0.1) is 5.10 Å². The molecule has 4 heterocycles. The fraction of sp³-hybridized carbons (Fsp3) is 0.379. The highest BCUT2D eigenvalue weighted by molar-refractivity contribution is 5.95. The molecule has 1 aliphatic heterocycles. The second-order valence-corrected chi connectivity index (χ2v) is 10.9. The number of methoxy groups -OCH3 is 1. The van der Waals surface area contributed by atoms with Gasteiger partial charge in [-0.05, 0) is 63.8 Å². The first-order valence-corrected chi connectivity index (χ1v) is 13.2. The molecule has 0 N–H and O–H groups in total. The van der Waals surface area contributed by atoms with Gasteiger partial charge in [-0.2, -0.15) is 5.10 Å². The average Bonchev–Trinajstić information content (AvgIpc) is 3.66. The number of ether oxygens (including phenoxy) is 3. The largest absolute Gasteiger partial charge is 0.497 e. The third kappa shape index (κ3) is 4.99. The Bertz CT molecular complexity index is 1650. The van der Waals surface area contributed by atoms with Gasteiger partial charge in [-0.25, -0.2) is 14.2 Å². The van der Waals surface area contributed by atoms with E-state index in [1.54, 1.807) is 18.0 Å². The second-order valence-electron chi connectivity index (χ2n) is 10.9. The molecular weight excluding hydrogens is 496 g/mol. The Hall–Kier alpha value is -4.18. The number of carbonyl (C=O) groups is 1. The molecule has 1 unspecified atom stereocenters. The van der Waals surface area contributed by atoms with Gasteiger partial charge in [0.25, 0.3) is 0 Å². The average molecular weight is 529 g/mol. The van der Waals surface area contributed by atoms with Gasteiger partial charge in [0, 0.05) is 35.2 Å². The summed E-state index contributed by atoms with van der Waals surface area (Å²) in [6.07, 6.45) is 8.16. The number of benzene rings is 2. The molecule has 0 saturated carbocycles. The molecular formula is C29H32N6O4. The van der Waals surface area contributed by atoms with Crippen molar-refractivity contribution in [2.24, 2.45) is 0 Å². The summed E-state index contributed by atoms with van der Waals surface area (Å²) < 4.78 is 22.4. The van der Waals surface area contributed by atoms with Gasteiger partial charge in [0.15, 0.2) is 6.23 Å². The summed E-state index contributed by atoms with van der Waals surface area (Å²) >= 11 is 0. The molecule has 39 heavy (non-hydrogen) atoms. The monoisotopic (exact) mass is 528 g/mol. The van der Waals surface area contributed by atoms with Crippen molar-refractivity contribution in [2.75, 3.05) is 13.7 Å². The molecule has 0 radical (unpaired) electrons. The Morgan fingerprint density at radius 2 is 2.00 bits per heavy atom. The normalized spacial score (nSPS) is 16.2. The maximum absolute atomic E-state index is 12.7. The lowest BCUT2D eigenvalue weighted by atomic mass is 10.1. The van der Waals surface area contributed by atoms with Crippen LogP contribution >= 0.6 is 0 Å². The summed E-state index contributed by atoms with van der Waals surface area (Å²) in [5.74, 6) is 0.720. The highest BCUT2D eigenvalue weighted by Crippen LogP contribution is 2.35. The molecule has 10 nitrogen and oxygen atoms in total. The van der Waals surface area contributed by atoms with E-state index in [1.165, 1.54) is 4.57 Å². The quantitative estimate of drug-likeness (QED) is 0.285. The van der Waals surface area contributed by atoms with E-state index in [4.69, 9.17) is 14.2 Å². The van der Waals surface area contributed by atoms with Crippen LogP contribution in [0.1, 0.15) is 51.8 Å². The lowest BCUT2D eigenvalue weighted by Crippen LogP contribution is -2.26. The van der Waals surface area contributed by atoms with Crippen LogP contribution in [0.3, 0.4) is 0 Å². The van der Waals surface area contributed by atoms with Crippen molar-refractivity contribution >= 4 is 27.9 Å². The molecule has 1 atom stereocenters. The molecule has 10 heteroatoms. The van der Waals surface area contributed by atoms with Gasteiger partial charge in [-0.1, -0.05) is 17.3 Å². The van der Waals surface area contributed by atoms with E-state index in [2.05, 4.69) is 15.4 Å². The molecule has 6 rings (SSSR count). The van der Waals surface area contributed by atoms with Crippen LogP contribution in [0.4, 0.5) is 4.79 Å². The van der Waals surface area contributed by atoms with Crippen molar-refractivity contribution < 1.29 is 19.0 Å². The maximum atomic E-state index is 12.7. The van der Waals surface area contributed by atoms with Gasteiger partial charge in [0.2, 0.25) is 0 Å². The standard InChI is InChI=1S/C29H32N6O4/c1-29(2,3)39-28(36)34-11-10-20-9-8-19(13-25(20)34)17-33-18-24(31-32-33)22-14-21(37-4)15-26-23(22)16-30-35(26)27-7-5-6-12-38-27/h8-11,13-16,18,27H,5-7,12,17H2,1-4H3. The highest BCUT2D eigenvalue weighted by Gasteiger charge is 2.22. The fourth-order valence-corrected chi connectivity index (χ4v) is 5.02. The lowest BCUT2D eigenvalue weighted by Gasteiger charge is -2.23. The molecule has 1 fully saturated rings. The first-order valence-electron chi connectivity index (χ1n) is 13.2. The summed E-state index contributed by atoms with van der Waals surface area (Å²) in [6, 6.07) is 11.9. The zero-order chi connectivity index (χ0) is 27.1. The van der Waals surface area contributed by atoms with Crippen LogP contribution in [0, 0.1) is 0 Å². The van der Waals surface area contributed by atoms with Gasteiger partial charge in [0.05, 0.1) is 37.1 Å². The molecule has 0 spiro atoms. The first-order chi connectivity index (χ1) is 18.8. The van der Waals surface area contributed by atoms with E-state index in [9.17, 15) is 4.79 Å². The zero-order valence-corrected chi connectivity index (χ0v) is 22.6. The Balaban J connectivity index is 1.30. The van der Waals surface area contributed by atoms with Crippen molar-refractivity contribution in [2.45, 2.75) is 58.4 Å². The van der Waals surface area contributed by atoms with E-state index < -0.39 is 11.7 Å². The molecule has 5 aromatic rings. The van der Waals surface area contributed by atoms with Gasteiger partial charge in [0.1, 0.15) is 17.0 Å². The van der Waals surface area contributed by atoms with Crippen molar-refractivity contribution in [3.8, 4) is 17.0 Å². The maximum Gasteiger partial charge on any atom is 0.418 e. The van der Waals surface area contributed by atoms with Crippen LogP contribution in [0.5, 0.6) is 5.75 Å². The number of fused-ring (bicyclic) bond motifs is 2. The van der Waals surface area contributed by atoms with Crippen LogP contribution in [-0.2, 0) is 16.0 Å². The number of rotatable bonds is 5. The minimum Gasteiger partial charge on any atom is -0.497 e. The predicted molar refractivity (Wildman–Crippen MR) is 147 cm³/mol. The third-order valence-electron chi connectivity index (χ3n) is 6.86. The van der Waals surface area contributed by atoms with E-state index >= 15 is 0 Å². The molecule has 202 valence electrons.